The Labute approximate surface area is 107 Å². The van der Waals surface area contributed by atoms with Crippen molar-refractivity contribution in [1.29, 1.82) is 0 Å². The van der Waals surface area contributed by atoms with Crippen molar-refractivity contribution in [3.8, 4) is 5.75 Å². The molecule has 1 aromatic carbocycles. The molecule has 0 radical (unpaired) electrons. The summed E-state index contributed by atoms with van der Waals surface area (Å²) in [4.78, 5) is 13.5. The fourth-order valence-corrected chi connectivity index (χ4v) is 2.74. The van der Waals surface area contributed by atoms with Crippen molar-refractivity contribution in [2.75, 3.05) is 20.7 Å². The van der Waals surface area contributed by atoms with Gasteiger partial charge in [-0.1, -0.05) is 12.1 Å². The summed E-state index contributed by atoms with van der Waals surface area (Å²) >= 11 is 0. The first-order valence-corrected chi connectivity index (χ1v) is 6.11. The smallest absolute Gasteiger partial charge is 0.308 e. The second-order valence-corrected chi connectivity index (χ2v) is 4.92. The number of likely N-dealkylation sites (tertiary alicyclic amines) is 1. The third-order valence-electron chi connectivity index (χ3n) is 3.96. The number of carboxylic acids is 1. The number of ether oxygens (including phenoxy) is 1. The molecule has 1 aliphatic rings. The average molecular weight is 249 g/mol. The molecule has 0 aliphatic carbocycles. The van der Waals surface area contributed by atoms with Crippen LogP contribution < -0.4 is 4.74 Å². The number of hydrogen-bond acceptors (Lipinski definition) is 3. The van der Waals surface area contributed by atoms with Gasteiger partial charge in [0, 0.05) is 18.5 Å². The number of rotatable bonds is 3. The van der Waals surface area contributed by atoms with E-state index in [0.717, 1.165) is 17.9 Å². The Balaban J connectivity index is 2.27. The first kappa shape index (κ1) is 12.9. The maximum absolute atomic E-state index is 11.4. The lowest BCUT2D eigenvalue weighted by atomic mass is 9.86. The molecule has 1 aromatic rings. The van der Waals surface area contributed by atoms with Crippen LogP contribution in [0.15, 0.2) is 24.3 Å². The Bertz CT molecular complexity index is 429. The maximum Gasteiger partial charge on any atom is 0.308 e. The highest BCUT2D eigenvalue weighted by atomic mass is 16.5. The van der Waals surface area contributed by atoms with E-state index in [1.54, 1.807) is 7.11 Å². The predicted molar refractivity (Wildman–Crippen MR) is 69.0 cm³/mol. The van der Waals surface area contributed by atoms with E-state index in [1.807, 2.05) is 38.2 Å². The van der Waals surface area contributed by atoms with Crippen molar-refractivity contribution >= 4 is 5.97 Å². The molecule has 0 amide bonds. The van der Waals surface area contributed by atoms with Crippen LogP contribution in [0.2, 0.25) is 0 Å². The highest BCUT2D eigenvalue weighted by Crippen LogP contribution is 2.37. The largest absolute Gasteiger partial charge is 0.497 e. The highest BCUT2D eigenvalue weighted by Gasteiger charge is 2.42. The van der Waals surface area contributed by atoms with Gasteiger partial charge in [-0.3, -0.25) is 4.79 Å². The van der Waals surface area contributed by atoms with Crippen molar-refractivity contribution in [2.24, 2.45) is 5.92 Å². The lowest BCUT2D eigenvalue weighted by Crippen LogP contribution is -2.30. The number of hydrogen-bond donors (Lipinski definition) is 1. The van der Waals surface area contributed by atoms with Crippen LogP contribution in [0, 0.1) is 5.92 Å². The van der Waals surface area contributed by atoms with Crippen molar-refractivity contribution < 1.29 is 14.6 Å². The molecular formula is C14H19NO3. The van der Waals surface area contributed by atoms with Crippen molar-refractivity contribution in [1.82, 2.24) is 4.90 Å². The van der Waals surface area contributed by atoms with Crippen LogP contribution in [0.4, 0.5) is 0 Å². The molecule has 0 bridgehead atoms. The molecule has 3 atom stereocenters. The minimum Gasteiger partial charge on any atom is -0.497 e. The van der Waals surface area contributed by atoms with Gasteiger partial charge in [-0.15, -0.1) is 0 Å². The monoisotopic (exact) mass is 249 g/mol. The van der Waals surface area contributed by atoms with Crippen LogP contribution >= 0.6 is 0 Å². The molecule has 1 saturated heterocycles. The SMILES string of the molecule is COc1ccc([C@H]2CN(C)[C@@H](C)[C@@H]2C(=O)O)cc1. The highest BCUT2D eigenvalue weighted by molar-refractivity contribution is 5.73. The van der Waals surface area contributed by atoms with E-state index in [1.165, 1.54) is 0 Å². The minimum atomic E-state index is -0.715. The summed E-state index contributed by atoms with van der Waals surface area (Å²) in [6.07, 6.45) is 0. The zero-order valence-corrected chi connectivity index (χ0v) is 11.0. The van der Waals surface area contributed by atoms with Crippen LogP contribution in [0.1, 0.15) is 18.4 Å². The van der Waals surface area contributed by atoms with E-state index < -0.39 is 5.97 Å². The van der Waals surface area contributed by atoms with E-state index in [4.69, 9.17) is 4.74 Å². The second-order valence-electron chi connectivity index (χ2n) is 4.92. The summed E-state index contributed by atoms with van der Waals surface area (Å²) in [5, 5.41) is 9.38. The molecule has 0 unspecified atom stereocenters. The number of aliphatic carboxylic acids is 1. The first-order valence-electron chi connectivity index (χ1n) is 6.11. The lowest BCUT2D eigenvalue weighted by Gasteiger charge is -2.19. The number of carbonyl (C=O) groups is 1. The minimum absolute atomic E-state index is 0.0495. The topological polar surface area (TPSA) is 49.8 Å². The molecule has 1 aliphatic heterocycles. The van der Waals surface area contributed by atoms with Gasteiger partial charge in [-0.25, -0.2) is 0 Å². The molecule has 0 saturated carbocycles. The molecule has 1 N–H and O–H groups in total. The van der Waals surface area contributed by atoms with Gasteiger partial charge in [0.1, 0.15) is 5.75 Å². The van der Waals surface area contributed by atoms with Crippen LogP contribution in [0.3, 0.4) is 0 Å². The van der Waals surface area contributed by atoms with Gasteiger partial charge in [0.05, 0.1) is 13.0 Å². The van der Waals surface area contributed by atoms with Crippen LogP contribution in [0.5, 0.6) is 5.75 Å². The van der Waals surface area contributed by atoms with Gasteiger partial charge in [-0.05, 0) is 31.7 Å². The molecule has 4 heteroatoms. The van der Waals surface area contributed by atoms with Gasteiger partial charge in [-0.2, -0.15) is 0 Å². The van der Waals surface area contributed by atoms with Gasteiger partial charge < -0.3 is 14.7 Å². The van der Waals surface area contributed by atoms with E-state index >= 15 is 0 Å². The summed E-state index contributed by atoms with van der Waals surface area (Å²) in [5.74, 6) is -0.213. The molecule has 4 nitrogen and oxygen atoms in total. The summed E-state index contributed by atoms with van der Waals surface area (Å²) in [6.45, 7) is 2.76. The zero-order chi connectivity index (χ0) is 13.3. The molecule has 0 aromatic heterocycles. The molecule has 1 heterocycles. The third kappa shape index (κ3) is 2.20. The number of carboxylic acid groups (broad SMARTS) is 1. The van der Waals surface area contributed by atoms with Gasteiger partial charge in [0.25, 0.3) is 0 Å². The number of nitrogens with zero attached hydrogens (tertiary/aromatic N) is 1. The van der Waals surface area contributed by atoms with Gasteiger partial charge in [0.15, 0.2) is 0 Å². The number of methoxy groups -OCH3 is 1. The predicted octanol–water partition coefficient (Wildman–Crippen LogP) is 1.81. The summed E-state index contributed by atoms with van der Waals surface area (Å²) in [6, 6.07) is 7.76. The van der Waals surface area contributed by atoms with E-state index in [0.29, 0.717) is 0 Å². The standard InChI is InChI=1S/C14H19NO3/c1-9-13(14(16)17)12(8-15(9)2)10-4-6-11(18-3)7-5-10/h4-7,9,12-13H,8H2,1-3H3,(H,16,17)/t9-,12+,13-/m0/s1. The second kappa shape index (κ2) is 4.98. The molecular weight excluding hydrogens is 230 g/mol. The zero-order valence-electron chi connectivity index (χ0n) is 11.0. The quantitative estimate of drug-likeness (QED) is 0.887. The van der Waals surface area contributed by atoms with Crippen molar-refractivity contribution in [2.45, 2.75) is 18.9 Å². The number of benzene rings is 1. The fourth-order valence-electron chi connectivity index (χ4n) is 2.74. The Morgan fingerprint density at radius 3 is 2.50 bits per heavy atom. The van der Waals surface area contributed by atoms with E-state index in [-0.39, 0.29) is 17.9 Å². The lowest BCUT2D eigenvalue weighted by molar-refractivity contribution is -0.142. The third-order valence-corrected chi connectivity index (χ3v) is 3.96. The molecule has 1 fully saturated rings. The van der Waals surface area contributed by atoms with Gasteiger partial charge in [0.2, 0.25) is 0 Å². The van der Waals surface area contributed by atoms with E-state index in [9.17, 15) is 9.90 Å². The molecule has 98 valence electrons. The van der Waals surface area contributed by atoms with Crippen molar-refractivity contribution in [3.05, 3.63) is 29.8 Å². The average Bonchev–Trinajstić information content (AvgIpc) is 2.66. The van der Waals surface area contributed by atoms with Crippen LogP contribution in [0.25, 0.3) is 0 Å². The Hall–Kier alpha value is -1.55. The maximum atomic E-state index is 11.4. The summed E-state index contributed by atoms with van der Waals surface area (Å²) in [7, 11) is 3.60. The fraction of sp³-hybridized carbons (Fsp3) is 0.500. The van der Waals surface area contributed by atoms with Crippen LogP contribution in [-0.2, 0) is 4.79 Å². The van der Waals surface area contributed by atoms with Crippen molar-refractivity contribution in [3.63, 3.8) is 0 Å². The molecule has 0 spiro atoms. The number of likely N-dealkylation sites (N-methyl/N-ethyl adjacent to an activating group) is 1. The Morgan fingerprint density at radius 2 is 2.00 bits per heavy atom. The first-order chi connectivity index (χ1) is 8.54. The summed E-state index contributed by atoms with van der Waals surface area (Å²) in [5.41, 5.74) is 1.07. The Morgan fingerprint density at radius 1 is 1.39 bits per heavy atom. The molecule has 18 heavy (non-hydrogen) atoms. The Kier molecular flexibility index (Phi) is 3.57. The summed E-state index contributed by atoms with van der Waals surface area (Å²) < 4.78 is 5.12. The van der Waals surface area contributed by atoms with E-state index in [2.05, 4.69) is 4.90 Å². The van der Waals surface area contributed by atoms with Gasteiger partial charge >= 0.3 is 5.97 Å². The molecule has 2 rings (SSSR count). The van der Waals surface area contributed by atoms with Crippen LogP contribution in [-0.4, -0.2) is 42.7 Å². The normalized spacial score (nSPS) is 28.3.